The van der Waals surface area contributed by atoms with Gasteiger partial charge in [0.2, 0.25) is 0 Å². The summed E-state index contributed by atoms with van der Waals surface area (Å²) in [6.45, 7) is 4.79. The van der Waals surface area contributed by atoms with Crippen molar-refractivity contribution in [2.24, 2.45) is 0 Å². The first-order chi connectivity index (χ1) is 14.5. The van der Waals surface area contributed by atoms with E-state index in [1.807, 2.05) is 36.6 Å². The van der Waals surface area contributed by atoms with E-state index in [0.717, 1.165) is 22.9 Å². The van der Waals surface area contributed by atoms with E-state index < -0.39 is 5.91 Å². The molecule has 0 saturated carbocycles. The number of carbonyl (C=O) groups excluding carboxylic acids is 1. The number of anilines is 1. The van der Waals surface area contributed by atoms with E-state index in [1.54, 1.807) is 6.07 Å². The third-order valence-electron chi connectivity index (χ3n) is 4.22. The van der Waals surface area contributed by atoms with Gasteiger partial charge < -0.3 is 14.6 Å². The number of nitrogens with one attached hydrogen (secondary N) is 2. The molecular weight excluding hydrogens is 420 g/mol. The number of aromatic nitrogens is 2. The molecule has 1 amide bonds. The average Bonchev–Trinajstić information content (AvgIpc) is 3.38. The second kappa shape index (κ2) is 10.8. The van der Waals surface area contributed by atoms with E-state index in [1.165, 1.54) is 30.6 Å². The quantitative estimate of drug-likeness (QED) is 0.347. The first kappa shape index (κ1) is 21.9. The standard InChI is InChI=1S/C21H24N4O3S2/c1-3-4-5-6-11-27-16-9-7-15(8-10-16)23-21(29)24-20(26)17-12-19(28-25-17)18-13-30-14(2)22-18/h7-10,12-13H,3-6,11H2,1-2H3,(H2,23,24,26,29). The lowest BCUT2D eigenvalue weighted by molar-refractivity contribution is 0.0969. The van der Waals surface area contributed by atoms with Crippen molar-refractivity contribution < 1.29 is 14.1 Å². The Labute approximate surface area is 184 Å². The molecule has 2 heterocycles. The van der Waals surface area contributed by atoms with Gasteiger partial charge in [-0.15, -0.1) is 11.3 Å². The zero-order valence-electron chi connectivity index (χ0n) is 16.9. The van der Waals surface area contributed by atoms with Crippen molar-refractivity contribution in [1.82, 2.24) is 15.5 Å². The van der Waals surface area contributed by atoms with Crippen molar-refractivity contribution in [3.05, 3.63) is 46.4 Å². The Morgan fingerprint density at radius 2 is 2.03 bits per heavy atom. The largest absolute Gasteiger partial charge is 0.494 e. The second-order valence-corrected chi connectivity index (χ2v) is 8.14. The average molecular weight is 445 g/mol. The number of thiocarbonyl (C=S) groups is 1. The first-order valence-corrected chi connectivity index (χ1v) is 11.1. The fraction of sp³-hybridized carbons (Fsp3) is 0.333. The van der Waals surface area contributed by atoms with Crippen LogP contribution in [0.5, 0.6) is 5.75 Å². The van der Waals surface area contributed by atoms with Gasteiger partial charge in [0.1, 0.15) is 11.4 Å². The van der Waals surface area contributed by atoms with Gasteiger partial charge in [0.25, 0.3) is 5.91 Å². The number of unbranched alkanes of at least 4 members (excludes halogenated alkanes) is 3. The molecular formula is C21H24N4O3S2. The Kier molecular flexibility index (Phi) is 7.92. The number of thiazole rings is 1. The van der Waals surface area contributed by atoms with Gasteiger partial charge in [-0.2, -0.15) is 0 Å². The van der Waals surface area contributed by atoms with Crippen LogP contribution in [-0.4, -0.2) is 27.8 Å². The van der Waals surface area contributed by atoms with E-state index in [0.29, 0.717) is 18.1 Å². The van der Waals surface area contributed by atoms with Gasteiger partial charge in [-0.3, -0.25) is 10.1 Å². The lowest BCUT2D eigenvalue weighted by Crippen LogP contribution is -2.34. The molecule has 0 aliphatic carbocycles. The molecule has 9 heteroatoms. The van der Waals surface area contributed by atoms with Crippen molar-refractivity contribution in [2.45, 2.75) is 39.5 Å². The van der Waals surface area contributed by atoms with Crippen LogP contribution in [0.4, 0.5) is 5.69 Å². The molecule has 158 valence electrons. The molecule has 0 aliphatic rings. The highest BCUT2D eigenvalue weighted by Gasteiger charge is 2.16. The van der Waals surface area contributed by atoms with Gasteiger partial charge >= 0.3 is 0 Å². The van der Waals surface area contributed by atoms with Gasteiger partial charge in [-0.1, -0.05) is 31.3 Å². The van der Waals surface area contributed by atoms with Crippen molar-refractivity contribution >= 4 is 40.3 Å². The van der Waals surface area contributed by atoms with E-state index in [-0.39, 0.29) is 10.8 Å². The minimum atomic E-state index is -0.457. The SMILES string of the molecule is CCCCCCOc1ccc(NC(=S)NC(=O)c2cc(-c3csc(C)n3)on2)cc1. The summed E-state index contributed by atoms with van der Waals surface area (Å²) in [6, 6.07) is 8.97. The molecule has 30 heavy (non-hydrogen) atoms. The molecule has 1 aromatic carbocycles. The van der Waals surface area contributed by atoms with Crippen LogP contribution in [0, 0.1) is 6.92 Å². The zero-order chi connectivity index (χ0) is 21.3. The summed E-state index contributed by atoms with van der Waals surface area (Å²) in [5, 5.41) is 12.3. The lowest BCUT2D eigenvalue weighted by atomic mass is 10.2. The summed E-state index contributed by atoms with van der Waals surface area (Å²) in [7, 11) is 0. The highest BCUT2D eigenvalue weighted by molar-refractivity contribution is 7.80. The number of hydrogen-bond donors (Lipinski definition) is 2. The molecule has 0 bridgehead atoms. The van der Waals surface area contributed by atoms with Crippen LogP contribution in [0.25, 0.3) is 11.5 Å². The maximum absolute atomic E-state index is 12.3. The van der Waals surface area contributed by atoms with Gasteiger partial charge in [0, 0.05) is 17.1 Å². The third kappa shape index (κ3) is 6.36. The molecule has 0 atom stereocenters. The minimum Gasteiger partial charge on any atom is -0.494 e. The molecule has 0 unspecified atom stereocenters. The minimum absolute atomic E-state index is 0.131. The summed E-state index contributed by atoms with van der Waals surface area (Å²) >= 11 is 6.71. The molecule has 0 radical (unpaired) electrons. The number of ether oxygens (including phenoxy) is 1. The predicted octanol–water partition coefficient (Wildman–Crippen LogP) is 5.19. The molecule has 0 fully saturated rings. The molecule has 2 aromatic heterocycles. The van der Waals surface area contributed by atoms with E-state index in [4.69, 9.17) is 21.5 Å². The number of rotatable bonds is 9. The second-order valence-electron chi connectivity index (χ2n) is 6.67. The van der Waals surface area contributed by atoms with Crippen LogP contribution in [0.15, 0.2) is 40.2 Å². The van der Waals surface area contributed by atoms with Gasteiger partial charge in [-0.05, 0) is 49.8 Å². The number of nitrogens with zero attached hydrogens (tertiary/aromatic N) is 2. The molecule has 3 aromatic rings. The molecule has 0 spiro atoms. The molecule has 7 nitrogen and oxygen atoms in total. The summed E-state index contributed by atoms with van der Waals surface area (Å²) in [4.78, 5) is 16.7. The van der Waals surface area contributed by atoms with Gasteiger partial charge in [-0.25, -0.2) is 4.98 Å². The maximum Gasteiger partial charge on any atom is 0.279 e. The lowest BCUT2D eigenvalue weighted by Gasteiger charge is -2.10. The van der Waals surface area contributed by atoms with E-state index >= 15 is 0 Å². The predicted molar refractivity (Wildman–Crippen MR) is 122 cm³/mol. The van der Waals surface area contributed by atoms with Crippen LogP contribution in [0.1, 0.15) is 48.1 Å². The Balaban J connectivity index is 1.47. The van der Waals surface area contributed by atoms with Crippen LogP contribution in [0.3, 0.4) is 0 Å². The highest BCUT2D eigenvalue weighted by atomic mass is 32.1. The summed E-state index contributed by atoms with van der Waals surface area (Å²) in [5.41, 5.74) is 1.53. The Hall–Kier alpha value is -2.78. The zero-order valence-corrected chi connectivity index (χ0v) is 18.6. The molecule has 2 N–H and O–H groups in total. The van der Waals surface area contributed by atoms with E-state index in [9.17, 15) is 4.79 Å². The van der Waals surface area contributed by atoms with Crippen molar-refractivity contribution in [3.8, 4) is 17.2 Å². The smallest absolute Gasteiger partial charge is 0.279 e. The normalized spacial score (nSPS) is 10.6. The Bertz CT molecular complexity index is 982. The highest BCUT2D eigenvalue weighted by Crippen LogP contribution is 2.22. The van der Waals surface area contributed by atoms with Crippen LogP contribution < -0.4 is 15.4 Å². The van der Waals surface area contributed by atoms with Crippen LogP contribution >= 0.6 is 23.6 Å². The number of amides is 1. The van der Waals surface area contributed by atoms with E-state index in [2.05, 4.69) is 27.7 Å². The number of hydrogen-bond acceptors (Lipinski definition) is 7. The molecule has 0 saturated heterocycles. The summed E-state index contributed by atoms with van der Waals surface area (Å²) in [5.74, 6) is 0.787. The number of benzene rings is 1. The van der Waals surface area contributed by atoms with Gasteiger partial charge in [0.15, 0.2) is 16.6 Å². The van der Waals surface area contributed by atoms with Crippen molar-refractivity contribution in [1.29, 1.82) is 0 Å². The molecule has 3 rings (SSSR count). The van der Waals surface area contributed by atoms with Crippen LogP contribution in [0.2, 0.25) is 0 Å². The monoisotopic (exact) mass is 444 g/mol. The van der Waals surface area contributed by atoms with Gasteiger partial charge in [0.05, 0.1) is 11.6 Å². The third-order valence-corrected chi connectivity index (χ3v) is 5.20. The summed E-state index contributed by atoms with van der Waals surface area (Å²) < 4.78 is 10.9. The Morgan fingerprint density at radius 3 is 2.73 bits per heavy atom. The van der Waals surface area contributed by atoms with Crippen LogP contribution in [-0.2, 0) is 0 Å². The van der Waals surface area contributed by atoms with Crippen molar-refractivity contribution in [3.63, 3.8) is 0 Å². The molecule has 0 aliphatic heterocycles. The topological polar surface area (TPSA) is 89.3 Å². The Morgan fingerprint density at radius 1 is 1.23 bits per heavy atom. The fourth-order valence-electron chi connectivity index (χ4n) is 2.66. The maximum atomic E-state index is 12.3. The first-order valence-electron chi connectivity index (χ1n) is 9.79. The van der Waals surface area contributed by atoms with Crippen molar-refractivity contribution in [2.75, 3.05) is 11.9 Å². The summed E-state index contributed by atoms with van der Waals surface area (Å²) in [6.07, 6.45) is 4.67. The fourth-order valence-corrected chi connectivity index (χ4v) is 3.48. The number of aryl methyl sites for hydroxylation is 1. The number of carbonyl (C=O) groups is 1.